The number of hydrogen-bond donors (Lipinski definition) is 2. The smallest absolute Gasteiger partial charge is 0.261 e. The molecule has 29 heavy (non-hydrogen) atoms. The van der Waals surface area contributed by atoms with E-state index < -0.39 is 15.9 Å². The van der Waals surface area contributed by atoms with Crippen molar-refractivity contribution in [3.8, 4) is 17.6 Å². The number of nitrogens with two attached hydrogens (primary N) is 1. The Morgan fingerprint density at radius 1 is 1.07 bits per heavy atom. The van der Waals surface area contributed by atoms with Crippen LogP contribution in [0.15, 0.2) is 71.6 Å². The minimum atomic E-state index is -3.90. The summed E-state index contributed by atoms with van der Waals surface area (Å²) in [6, 6.07) is 18.2. The number of rotatable bonds is 6. The van der Waals surface area contributed by atoms with E-state index in [9.17, 15) is 18.5 Å². The Labute approximate surface area is 172 Å². The Morgan fingerprint density at radius 3 is 2.41 bits per heavy atom. The molecular weight excluding hydrogens is 414 g/mol. The number of sulfonamides is 1. The molecule has 0 heterocycles. The SMILES string of the molecule is N#Cc1c(Cl)cccc1Oc1ccc(S(=O)(=O)Nc2cccc(C(N)=O)c2)cc1. The van der Waals surface area contributed by atoms with Gasteiger partial charge in [0.05, 0.1) is 9.92 Å². The molecule has 0 saturated heterocycles. The van der Waals surface area contributed by atoms with E-state index in [4.69, 9.17) is 22.1 Å². The van der Waals surface area contributed by atoms with Crippen molar-refractivity contribution in [3.05, 3.63) is 82.9 Å². The highest BCUT2D eigenvalue weighted by atomic mass is 35.5. The van der Waals surface area contributed by atoms with Crippen molar-refractivity contribution in [1.82, 2.24) is 0 Å². The topological polar surface area (TPSA) is 122 Å². The van der Waals surface area contributed by atoms with Gasteiger partial charge < -0.3 is 10.5 Å². The van der Waals surface area contributed by atoms with Crippen LogP contribution in [0, 0.1) is 11.3 Å². The quantitative estimate of drug-likeness (QED) is 0.617. The average molecular weight is 428 g/mol. The molecule has 1 amide bonds. The molecule has 0 fully saturated rings. The fraction of sp³-hybridized carbons (Fsp3) is 0. The van der Waals surface area contributed by atoms with Crippen molar-refractivity contribution < 1.29 is 17.9 Å². The zero-order valence-corrected chi connectivity index (χ0v) is 16.4. The molecule has 0 radical (unpaired) electrons. The van der Waals surface area contributed by atoms with Crippen LogP contribution in [0.3, 0.4) is 0 Å². The molecule has 7 nitrogen and oxygen atoms in total. The number of carbonyl (C=O) groups is 1. The van der Waals surface area contributed by atoms with Crippen LogP contribution in [0.5, 0.6) is 11.5 Å². The zero-order chi connectivity index (χ0) is 21.0. The number of benzene rings is 3. The van der Waals surface area contributed by atoms with Crippen LogP contribution in [-0.2, 0) is 10.0 Å². The van der Waals surface area contributed by atoms with Gasteiger partial charge in [-0.25, -0.2) is 8.42 Å². The van der Waals surface area contributed by atoms with Crippen molar-refractivity contribution in [2.24, 2.45) is 5.73 Å². The van der Waals surface area contributed by atoms with Crippen LogP contribution in [0.1, 0.15) is 15.9 Å². The maximum absolute atomic E-state index is 12.6. The van der Waals surface area contributed by atoms with Crippen LogP contribution in [0.25, 0.3) is 0 Å². The van der Waals surface area contributed by atoms with Crippen LogP contribution in [0.2, 0.25) is 5.02 Å². The first-order chi connectivity index (χ1) is 13.8. The van der Waals surface area contributed by atoms with Gasteiger partial charge in [-0.1, -0.05) is 23.7 Å². The third kappa shape index (κ3) is 4.66. The number of primary amides is 1. The van der Waals surface area contributed by atoms with Crippen LogP contribution in [-0.4, -0.2) is 14.3 Å². The molecule has 0 bridgehead atoms. The summed E-state index contributed by atoms with van der Waals surface area (Å²) in [5.74, 6) is -0.0688. The van der Waals surface area contributed by atoms with Crippen molar-refractivity contribution in [2.75, 3.05) is 4.72 Å². The number of carbonyl (C=O) groups excluding carboxylic acids is 1. The number of ether oxygens (including phenoxy) is 1. The van der Waals surface area contributed by atoms with Gasteiger partial charge in [-0.3, -0.25) is 9.52 Å². The summed E-state index contributed by atoms with van der Waals surface area (Å²) in [4.78, 5) is 11.2. The molecular formula is C20H14ClN3O4S. The maximum Gasteiger partial charge on any atom is 0.261 e. The van der Waals surface area contributed by atoms with Gasteiger partial charge in [-0.2, -0.15) is 5.26 Å². The summed E-state index contributed by atoms with van der Waals surface area (Å²) in [7, 11) is -3.90. The Balaban J connectivity index is 1.81. The molecule has 3 aromatic rings. The molecule has 3 rings (SSSR count). The van der Waals surface area contributed by atoms with Crippen molar-refractivity contribution in [3.63, 3.8) is 0 Å². The molecule has 0 aliphatic carbocycles. The Morgan fingerprint density at radius 2 is 1.76 bits per heavy atom. The van der Waals surface area contributed by atoms with Gasteiger partial charge >= 0.3 is 0 Å². The molecule has 0 saturated carbocycles. The van der Waals surface area contributed by atoms with Gasteiger partial charge in [0, 0.05) is 11.3 Å². The van der Waals surface area contributed by atoms with Gasteiger partial charge in [0.1, 0.15) is 23.1 Å². The van der Waals surface area contributed by atoms with E-state index in [0.29, 0.717) is 5.75 Å². The number of nitrogens with zero attached hydrogens (tertiary/aromatic N) is 1. The fourth-order valence-electron chi connectivity index (χ4n) is 2.46. The van der Waals surface area contributed by atoms with Crippen molar-refractivity contribution in [2.45, 2.75) is 4.90 Å². The first-order valence-corrected chi connectivity index (χ1v) is 10.1. The zero-order valence-electron chi connectivity index (χ0n) is 14.8. The summed E-state index contributed by atoms with van der Waals surface area (Å²) in [5.41, 5.74) is 5.78. The molecule has 9 heteroatoms. The van der Waals surface area contributed by atoms with E-state index in [1.165, 1.54) is 48.5 Å². The molecule has 0 aromatic heterocycles. The van der Waals surface area contributed by atoms with Crippen LogP contribution in [0.4, 0.5) is 5.69 Å². The lowest BCUT2D eigenvalue weighted by Crippen LogP contribution is -2.15. The van der Waals surface area contributed by atoms with Gasteiger partial charge in [0.25, 0.3) is 10.0 Å². The number of hydrogen-bond acceptors (Lipinski definition) is 5. The maximum atomic E-state index is 12.6. The van der Waals surface area contributed by atoms with E-state index in [1.807, 2.05) is 6.07 Å². The number of anilines is 1. The Kier molecular flexibility index (Phi) is 5.73. The van der Waals surface area contributed by atoms with Gasteiger partial charge in [0.15, 0.2) is 0 Å². The number of nitrogens with one attached hydrogen (secondary N) is 1. The first-order valence-electron chi connectivity index (χ1n) is 8.19. The minimum Gasteiger partial charge on any atom is -0.456 e. The third-order valence-corrected chi connectivity index (χ3v) is 5.56. The summed E-state index contributed by atoms with van der Waals surface area (Å²) in [5, 5.41) is 9.45. The second-order valence-corrected chi connectivity index (χ2v) is 7.94. The molecule has 0 unspecified atom stereocenters. The minimum absolute atomic E-state index is 0.0130. The first kappa shape index (κ1) is 20.2. The standard InChI is InChI=1S/C20H14ClN3O4S/c21-18-5-2-6-19(17(18)12-22)28-15-7-9-16(10-8-15)29(26,27)24-14-4-1-3-13(11-14)20(23)25/h1-11,24H,(H2,23,25). The summed E-state index contributed by atoms with van der Waals surface area (Å²) >= 11 is 5.97. The third-order valence-electron chi connectivity index (χ3n) is 3.85. The second kappa shape index (κ2) is 8.22. The average Bonchev–Trinajstić information content (AvgIpc) is 2.68. The molecule has 3 N–H and O–H groups in total. The van der Waals surface area contributed by atoms with E-state index in [1.54, 1.807) is 18.2 Å². The highest BCUT2D eigenvalue weighted by molar-refractivity contribution is 7.92. The summed E-state index contributed by atoms with van der Waals surface area (Å²) < 4.78 is 33.2. The summed E-state index contributed by atoms with van der Waals surface area (Å²) in [6.45, 7) is 0. The Hall–Kier alpha value is -3.54. The number of halogens is 1. The predicted molar refractivity (Wildman–Crippen MR) is 108 cm³/mol. The van der Waals surface area contributed by atoms with Crippen molar-refractivity contribution in [1.29, 1.82) is 5.26 Å². The second-order valence-electron chi connectivity index (χ2n) is 5.85. The number of nitriles is 1. The van der Waals surface area contributed by atoms with E-state index >= 15 is 0 Å². The van der Waals surface area contributed by atoms with Gasteiger partial charge in [-0.05, 0) is 54.6 Å². The lowest BCUT2D eigenvalue weighted by molar-refractivity contribution is 0.100. The molecule has 0 aliphatic rings. The van der Waals surface area contributed by atoms with Gasteiger partial charge in [0.2, 0.25) is 5.91 Å². The highest BCUT2D eigenvalue weighted by Crippen LogP contribution is 2.30. The van der Waals surface area contributed by atoms with E-state index in [0.717, 1.165) is 0 Å². The van der Waals surface area contributed by atoms with E-state index in [-0.39, 0.29) is 32.5 Å². The predicted octanol–water partition coefficient (Wildman–Crippen LogP) is 3.90. The van der Waals surface area contributed by atoms with E-state index in [2.05, 4.69) is 4.72 Å². The normalized spacial score (nSPS) is 10.8. The molecule has 0 aliphatic heterocycles. The molecule has 146 valence electrons. The molecule has 3 aromatic carbocycles. The largest absolute Gasteiger partial charge is 0.456 e. The molecule has 0 atom stereocenters. The van der Waals surface area contributed by atoms with Crippen LogP contribution < -0.4 is 15.2 Å². The fourth-order valence-corrected chi connectivity index (χ4v) is 3.72. The van der Waals surface area contributed by atoms with Crippen molar-refractivity contribution >= 4 is 33.2 Å². The Bertz CT molecular complexity index is 1220. The highest BCUT2D eigenvalue weighted by Gasteiger charge is 2.16. The monoisotopic (exact) mass is 427 g/mol. The lowest BCUT2D eigenvalue weighted by atomic mass is 10.2. The summed E-state index contributed by atoms with van der Waals surface area (Å²) in [6.07, 6.45) is 0. The number of amides is 1. The molecule has 0 spiro atoms. The van der Waals surface area contributed by atoms with Gasteiger partial charge in [-0.15, -0.1) is 0 Å². The van der Waals surface area contributed by atoms with Crippen LogP contribution >= 0.6 is 11.6 Å². The lowest BCUT2D eigenvalue weighted by Gasteiger charge is -2.11.